The smallest absolute Gasteiger partial charge is 0.0623 e. The average Bonchev–Trinajstić information content (AvgIpc) is 2.39. The molecule has 0 unspecified atom stereocenters. The van der Waals surface area contributed by atoms with Crippen LogP contribution in [0.4, 0.5) is 11.4 Å². The van der Waals surface area contributed by atoms with Crippen molar-refractivity contribution in [1.82, 2.24) is 0 Å². The Hall–Kier alpha value is -2.22. The molecule has 2 N–H and O–H groups in total. The van der Waals surface area contributed by atoms with Gasteiger partial charge in [0.1, 0.15) is 0 Å². The lowest BCUT2D eigenvalue weighted by atomic mass is 10.1. The first-order chi connectivity index (χ1) is 7.93. The molecule has 0 aromatic heterocycles. The predicted octanol–water partition coefficient (Wildman–Crippen LogP) is 3.52. The molecular weight excluding hydrogens is 196 g/mol. The fourth-order valence-corrected chi connectivity index (χ4v) is 1.82. The summed E-state index contributed by atoms with van der Waals surface area (Å²) in [6, 6.07) is 18.5. The number of benzene rings is 2. The number of hydrogen-bond acceptors (Lipinski definition) is 2. The molecule has 2 aromatic rings. The quantitative estimate of drug-likeness (QED) is 0.749. The fourth-order valence-electron chi connectivity index (χ4n) is 1.82. The van der Waals surface area contributed by atoms with Crippen molar-refractivity contribution in [2.24, 2.45) is 0 Å². The van der Waals surface area contributed by atoms with E-state index >= 15 is 0 Å². The van der Waals surface area contributed by atoms with Crippen molar-refractivity contribution in [3.8, 4) is 0 Å². The van der Waals surface area contributed by atoms with Crippen molar-refractivity contribution in [2.75, 3.05) is 10.6 Å². The van der Waals surface area contributed by atoms with E-state index in [0.717, 1.165) is 17.1 Å². The molecule has 1 heterocycles. The van der Waals surface area contributed by atoms with E-state index in [-0.39, 0.29) is 0 Å². The second kappa shape index (κ2) is 3.74. The summed E-state index contributed by atoms with van der Waals surface area (Å²) in [5, 5.41) is 6.70. The summed E-state index contributed by atoms with van der Waals surface area (Å²) in [6.07, 6.45) is 2.00. The van der Waals surface area contributed by atoms with Gasteiger partial charge in [-0.2, -0.15) is 0 Å². The molecule has 0 bridgehead atoms. The molecule has 0 saturated heterocycles. The first-order valence-corrected chi connectivity index (χ1v) is 5.32. The molecule has 2 nitrogen and oxygen atoms in total. The first-order valence-electron chi connectivity index (χ1n) is 5.32. The molecule has 0 saturated carbocycles. The van der Waals surface area contributed by atoms with Gasteiger partial charge in [0.2, 0.25) is 0 Å². The van der Waals surface area contributed by atoms with Crippen LogP contribution in [0.5, 0.6) is 0 Å². The summed E-state index contributed by atoms with van der Waals surface area (Å²) in [5.41, 5.74) is 4.51. The second-order valence-corrected chi connectivity index (χ2v) is 3.74. The van der Waals surface area contributed by atoms with Gasteiger partial charge in [0.05, 0.1) is 17.1 Å². The van der Waals surface area contributed by atoms with Gasteiger partial charge in [-0.05, 0) is 17.7 Å². The number of nitrogens with one attached hydrogen (secondary N) is 2. The zero-order valence-corrected chi connectivity index (χ0v) is 8.77. The minimum atomic E-state index is 1.10. The maximum atomic E-state index is 3.41. The van der Waals surface area contributed by atoms with E-state index in [1.165, 1.54) is 5.56 Å². The van der Waals surface area contributed by atoms with Gasteiger partial charge in [0.15, 0.2) is 0 Å². The van der Waals surface area contributed by atoms with Gasteiger partial charge in [-0.25, -0.2) is 0 Å². The standard InChI is InChI=1S/C14H12N2/c1-2-6-11(7-3-1)14-10-15-12-8-4-5-9-13(12)16-14/h1-10,15-16H. The monoisotopic (exact) mass is 208 g/mol. The van der Waals surface area contributed by atoms with Crippen LogP contribution in [0, 0.1) is 0 Å². The Morgan fingerprint density at radius 3 is 2.19 bits per heavy atom. The van der Waals surface area contributed by atoms with E-state index in [1.807, 2.05) is 36.5 Å². The van der Waals surface area contributed by atoms with E-state index in [0.29, 0.717) is 0 Å². The molecule has 3 rings (SSSR count). The Morgan fingerprint density at radius 2 is 1.38 bits per heavy atom. The Kier molecular flexibility index (Phi) is 2.11. The highest BCUT2D eigenvalue weighted by atomic mass is 15.0. The average molecular weight is 208 g/mol. The third kappa shape index (κ3) is 1.54. The van der Waals surface area contributed by atoms with Crippen LogP contribution in [0.15, 0.2) is 60.8 Å². The summed E-state index contributed by atoms with van der Waals surface area (Å²) >= 11 is 0. The number of fused-ring (bicyclic) bond motifs is 1. The van der Waals surface area contributed by atoms with Crippen LogP contribution < -0.4 is 10.6 Å². The Bertz CT molecular complexity index is 529. The predicted molar refractivity (Wildman–Crippen MR) is 68.1 cm³/mol. The maximum Gasteiger partial charge on any atom is 0.0623 e. The van der Waals surface area contributed by atoms with Crippen LogP contribution in [-0.2, 0) is 0 Å². The molecule has 1 aliphatic rings. The Labute approximate surface area is 94.6 Å². The Balaban J connectivity index is 1.95. The van der Waals surface area contributed by atoms with Gasteiger partial charge < -0.3 is 10.6 Å². The van der Waals surface area contributed by atoms with Crippen LogP contribution >= 0.6 is 0 Å². The summed E-state index contributed by atoms with van der Waals surface area (Å²) < 4.78 is 0. The van der Waals surface area contributed by atoms with Crippen molar-refractivity contribution in [1.29, 1.82) is 0 Å². The van der Waals surface area contributed by atoms with Gasteiger partial charge in [0.25, 0.3) is 0 Å². The molecule has 0 amide bonds. The van der Waals surface area contributed by atoms with Crippen molar-refractivity contribution in [3.05, 3.63) is 66.4 Å². The van der Waals surface area contributed by atoms with Gasteiger partial charge in [0, 0.05) is 6.20 Å². The SMILES string of the molecule is C1=C(c2ccccc2)Nc2ccccc2N1. The number of para-hydroxylation sites is 2. The fraction of sp³-hybridized carbons (Fsp3) is 0. The van der Waals surface area contributed by atoms with E-state index in [2.05, 4.69) is 34.9 Å². The third-order valence-corrected chi connectivity index (χ3v) is 2.65. The van der Waals surface area contributed by atoms with Gasteiger partial charge in [-0.1, -0.05) is 42.5 Å². The van der Waals surface area contributed by atoms with Crippen molar-refractivity contribution in [2.45, 2.75) is 0 Å². The van der Waals surface area contributed by atoms with E-state index in [1.54, 1.807) is 0 Å². The number of hydrogen-bond donors (Lipinski definition) is 2. The first kappa shape index (κ1) is 9.04. The normalized spacial score (nSPS) is 13.1. The molecule has 16 heavy (non-hydrogen) atoms. The second-order valence-electron chi connectivity index (χ2n) is 3.74. The maximum absolute atomic E-state index is 3.41. The van der Waals surface area contributed by atoms with Crippen molar-refractivity contribution in [3.63, 3.8) is 0 Å². The van der Waals surface area contributed by atoms with E-state index < -0.39 is 0 Å². The minimum Gasteiger partial charge on any atom is -0.358 e. The van der Waals surface area contributed by atoms with Crippen molar-refractivity contribution >= 4 is 17.1 Å². The molecule has 0 spiro atoms. The number of anilines is 2. The molecule has 0 atom stereocenters. The Morgan fingerprint density at radius 1 is 0.688 bits per heavy atom. The van der Waals surface area contributed by atoms with Crippen LogP contribution in [0.3, 0.4) is 0 Å². The molecular formula is C14H12N2. The molecule has 0 fully saturated rings. The highest BCUT2D eigenvalue weighted by Crippen LogP contribution is 2.29. The van der Waals surface area contributed by atoms with Crippen LogP contribution in [-0.4, -0.2) is 0 Å². The molecule has 2 aromatic carbocycles. The highest BCUT2D eigenvalue weighted by Gasteiger charge is 2.09. The summed E-state index contributed by atoms with van der Waals surface area (Å²) in [5.74, 6) is 0. The van der Waals surface area contributed by atoms with Gasteiger partial charge in [-0.15, -0.1) is 0 Å². The third-order valence-electron chi connectivity index (χ3n) is 2.65. The molecule has 0 radical (unpaired) electrons. The molecule has 2 heteroatoms. The van der Waals surface area contributed by atoms with Crippen LogP contribution in [0.2, 0.25) is 0 Å². The van der Waals surface area contributed by atoms with Crippen LogP contribution in [0.25, 0.3) is 5.70 Å². The largest absolute Gasteiger partial charge is 0.358 e. The lowest BCUT2D eigenvalue weighted by molar-refractivity contribution is 1.45. The van der Waals surface area contributed by atoms with Crippen molar-refractivity contribution < 1.29 is 0 Å². The van der Waals surface area contributed by atoms with Gasteiger partial charge in [-0.3, -0.25) is 0 Å². The molecule has 78 valence electrons. The van der Waals surface area contributed by atoms with Gasteiger partial charge >= 0.3 is 0 Å². The zero-order valence-electron chi connectivity index (χ0n) is 8.77. The minimum absolute atomic E-state index is 1.10. The summed E-state index contributed by atoms with van der Waals surface area (Å²) in [7, 11) is 0. The van der Waals surface area contributed by atoms with E-state index in [4.69, 9.17) is 0 Å². The topological polar surface area (TPSA) is 24.1 Å². The lowest BCUT2D eigenvalue weighted by Gasteiger charge is -2.20. The molecule has 0 aliphatic carbocycles. The molecule has 1 aliphatic heterocycles. The lowest BCUT2D eigenvalue weighted by Crippen LogP contribution is -2.08. The number of rotatable bonds is 1. The van der Waals surface area contributed by atoms with Crippen LogP contribution in [0.1, 0.15) is 5.56 Å². The van der Waals surface area contributed by atoms with E-state index in [9.17, 15) is 0 Å². The highest BCUT2D eigenvalue weighted by molar-refractivity contribution is 5.87. The summed E-state index contributed by atoms with van der Waals surface area (Å²) in [6.45, 7) is 0. The summed E-state index contributed by atoms with van der Waals surface area (Å²) in [4.78, 5) is 0. The zero-order chi connectivity index (χ0) is 10.8.